The van der Waals surface area contributed by atoms with Crippen LogP contribution >= 0.6 is 0 Å². The molecule has 2 aromatic rings. The minimum atomic E-state index is -0.829. The van der Waals surface area contributed by atoms with E-state index in [9.17, 15) is 9.59 Å². The largest absolute Gasteiger partial charge is 0.495 e. The Labute approximate surface area is 114 Å². The number of ether oxygens (including phenoxy) is 2. The number of nitrogens with zero attached hydrogens (tertiary/aromatic N) is 2. The molecule has 7 nitrogen and oxygen atoms in total. The Morgan fingerprint density at radius 1 is 1.30 bits per heavy atom. The lowest BCUT2D eigenvalue weighted by Gasteiger charge is -2.11. The summed E-state index contributed by atoms with van der Waals surface area (Å²) in [6.45, 7) is 0. The minimum Gasteiger partial charge on any atom is -0.495 e. The molecule has 7 heteroatoms. The fraction of sp³-hybridized carbons (Fsp3) is 0.154. The Kier molecular flexibility index (Phi) is 3.69. The molecule has 0 amide bonds. The van der Waals surface area contributed by atoms with Crippen molar-refractivity contribution in [2.24, 2.45) is 0 Å². The van der Waals surface area contributed by atoms with Crippen molar-refractivity contribution in [1.82, 2.24) is 9.55 Å². The second kappa shape index (κ2) is 5.43. The van der Waals surface area contributed by atoms with Crippen molar-refractivity contribution in [2.45, 2.75) is 0 Å². The van der Waals surface area contributed by atoms with Crippen molar-refractivity contribution >= 4 is 11.8 Å². The van der Waals surface area contributed by atoms with E-state index in [1.165, 1.54) is 25.1 Å². The van der Waals surface area contributed by atoms with Gasteiger partial charge in [-0.1, -0.05) is 12.1 Å². The molecule has 20 heavy (non-hydrogen) atoms. The molecule has 0 aliphatic rings. The van der Waals surface area contributed by atoms with Crippen molar-refractivity contribution in [3.63, 3.8) is 0 Å². The predicted octanol–water partition coefficient (Wildman–Crippen LogP) is 0.610. The average Bonchev–Trinajstić information content (AvgIpc) is 2.47. The van der Waals surface area contributed by atoms with Gasteiger partial charge in [-0.3, -0.25) is 9.36 Å². The number of nitrogens with two attached hydrogens (primary N) is 1. The third kappa shape index (κ3) is 2.20. The van der Waals surface area contributed by atoms with Gasteiger partial charge in [0.2, 0.25) is 0 Å². The van der Waals surface area contributed by atoms with Crippen LogP contribution in [-0.4, -0.2) is 29.7 Å². The third-order valence-corrected chi connectivity index (χ3v) is 2.74. The first-order chi connectivity index (χ1) is 9.60. The number of methoxy groups -OCH3 is 2. The van der Waals surface area contributed by atoms with E-state index in [0.29, 0.717) is 11.4 Å². The van der Waals surface area contributed by atoms with Gasteiger partial charge in [-0.2, -0.15) is 0 Å². The topological polar surface area (TPSA) is 96.4 Å². The maximum absolute atomic E-state index is 12.3. The van der Waals surface area contributed by atoms with Crippen LogP contribution in [0.15, 0.2) is 35.4 Å². The molecule has 0 saturated carbocycles. The quantitative estimate of drug-likeness (QED) is 0.824. The summed E-state index contributed by atoms with van der Waals surface area (Å²) in [6, 6.07) is 6.85. The molecule has 0 radical (unpaired) electrons. The van der Waals surface area contributed by atoms with Crippen LogP contribution in [0.4, 0.5) is 5.82 Å². The van der Waals surface area contributed by atoms with Crippen LogP contribution in [0.1, 0.15) is 10.4 Å². The van der Waals surface area contributed by atoms with Gasteiger partial charge < -0.3 is 15.2 Å². The van der Waals surface area contributed by atoms with Crippen LogP contribution in [-0.2, 0) is 4.74 Å². The zero-order chi connectivity index (χ0) is 14.7. The number of hydrogen-bond donors (Lipinski definition) is 1. The summed E-state index contributed by atoms with van der Waals surface area (Å²) in [7, 11) is 2.65. The highest BCUT2D eigenvalue weighted by Gasteiger charge is 2.19. The lowest BCUT2D eigenvalue weighted by Crippen LogP contribution is -2.28. The summed E-state index contributed by atoms with van der Waals surface area (Å²) in [5.74, 6) is -0.533. The fourth-order valence-corrected chi connectivity index (χ4v) is 1.76. The highest BCUT2D eigenvalue weighted by atomic mass is 16.5. The lowest BCUT2D eigenvalue weighted by molar-refractivity contribution is 0.0599. The molecule has 0 fully saturated rings. The molecule has 0 aliphatic heterocycles. The third-order valence-electron chi connectivity index (χ3n) is 2.74. The number of nitrogen functional groups attached to an aromatic ring is 1. The van der Waals surface area contributed by atoms with Gasteiger partial charge in [-0.25, -0.2) is 9.78 Å². The van der Waals surface area contributed by atoms with Crippen LogP contribution < -0.4 is 16.0 Å². The van der Waals surface area contributed by atoms with Gasteiger partial charge in [0.1, 0.15) is 17.9 Å². The van der Waals surface area contributed by atoms with Gasteiger partial charge in [-0.05, 0) is 12.1 Å². The summed E-state index contributed by atoms with van der Waals surface area (Å²) in [6.07, 6.45) is 1.24. The Morgan fingerprint density at radius 2 is 2.00 bits per heavy atom. The molecule has 1 aromatic heterocycles. The van der Waals surface area contributed by atoms with Crippen LogP contribution in [0.25, 0.3) is 5.69 Å². The van der Waals surface area contributed by atoms with Gasteiger partial charge in [-0.15, -0.1) is 0 Å². The van der Waals surface area contributed by atoms with E-state index < -0.39 is 11.5 Å². The predicted molar refractivity (Wildman–Crippen MR) is 72.1 cm³/mol. The maximum atomic E-state index is 12.3. The maximum Gasteiger partial charge on any atom is 0.347 e. The molecule has 2 N–H and O–H groups in total. The Bertz CT molecular complexity index is 709. The summed E-state index contributed by atoms with van der Waals surface area (Å²) in [5, 5.41) is 0. The standard InChI is InChI=1S/C13H13N3O4/c1-19-9-6-4-3-5-8(9)16-7-15-11(14)10(12(16)17)13(18)20-2/h3-7H,14H2,1-2H3. The molecular formula is C13H13N3O4. The first kappa shape index (κ1) is 13.6. The Hall–Kier alpha value is -2.83. The minimum absolute atomic E-state index is 0.173. The van der Waals surface area contributed by atoms with Crippen molar-refractivity contribution in [2.75, 3.05) is 20.0 Å². The number of rotatable bonds is 3. The van der Waals surface area contributed by atoms with E-state index in [-0.39, 0.29) is 11.4 Å². The monoisotopic (exact) mass is 275 g/mol. The second-order valence-electron chi connectivity index (χ2n) is 3.84. The molecule has 0 aliphatic carbocycles. The van der Waals surface area contributed by atoms with E-state index in [4.69, 9.17) is 10.5 Å². The molecule has 0 saturated heterocycles. The van der Waals surface area contributed by atoms with E-state index in [2.05, 4.69) is 9.72 Å². The van der Waals surface area contributed by atoms with E-state index in [1.807, 2.05) is 0 Å². The molecule has 0 atom stereocenters. The average molecular weight is 275 g/mol. The SMILES string of the molecule is COC(=O)c1c(N)ncn(-c2ccccc2OC)c1=O. The number of anilines is 1. The second-order valence-corrected chi connectivity index (χ2v) is 3.84. The van der Waals surface area contributed by atoms with Crippen molar-refractivity contribution in [3.8, 4) is 11.4 Å². The first-order valence-electron chi connectivity index (χ1n) is 5.69. The highest BCUT2D eigenvalue weighted by Crippen LogP contribution is 2.20. The number of carbonyl (C=O) groups excluding carboxylic acids is 1. The summed E-state index contributed by atoms with van der Waals surface area (Å²) < 4.78 is 10.9. The van der Waals surface area contributed by atoms with Crippen LogP contribution in [0, 0.1) is 0 Å². The normalized spacial score (nSPS) is 10.1. The number of aromatic nitrogens is 2. The molecule has 104 valence electrons. The van der Waals surface area contributed by atoms with Crippen LogP contribution in [0.5, 0.6) is 5.75 Å². The molecular weight excluding hydrogens is 262 g/mol. The number of para-hydroxylation sites is 2. The molecule has 0 bridgehead atoms. The molecule has 0 unspecified atom stereocenters. The van der Waals surface area contributed by atoms with Gasteiger partial charge in [0.15, 0.2) is 5.56 Å². The van der Waals surface area contributed by atoms with Crippen molar-refractivity contribution < 1.29 is 14.3 Å². The van der Waals surface area contributed by atoms with Crippen LogP contribution in [0.3, 0.4) is 0 Å². The first-order valence-corrected chi connectivity index (χ1v) is 5.69. The number of hydrogen-bond acceptors (Lipinski definition) is 6. The Morgan fingerprint density at radius 3 is 2.65 bits per heavy atom. The van der Waals surface area contributed by atoms with Gasteiger partial charge in [0.25, 0.3) is 5.56 Å². The van der Waals surface area contributed by atoms with E-state index in [1.54, 1.807) is 24.3 Å². The highest BCUT2D eigenvalue weighted by molar-refractivity contribution is 5.93. The zero-order valence-electron chi connectivity index (χ0n) is 11.0. The van der Waals surface area contributed by atoms with Gasteiger partial charge in [0, 0.05) is 0 Å². The lowest BCUT2D eigenvalue weighted by atomic mass is 10.2. The zero-order valence-corrected chi connectivity index (χ0v) is 11.0. The number of carbonyl (C=O) groups is 1. The Balaban J connectivity index is 2.71. The number of benzene rings is 1. The van der Waals surface area contributed by atoms with Gasteiger partial charge in [0.05, 0.1) is 19.9 Å². The molecule has 1 heterocycles. The summed E-state index contributed by atoms with van der Waals surface area (Å²) in [5.41, 5.74) is 5.09. The molecule has 1 aromatic carbocycles. The smallest absolute Gasteiger partial charge is 0.347 e. The van der Waals surface area contributed by atoms with Crippen molar-refractivity contribution in [1.29, 1.82) is 0 Å². The van der Waals surface area contributed by atoms with Crippen LogP contribution in [0.2, 0.25) is 0 Å². The molecule has 0 spiro atoms. The molecule has 2 rings (SSSR count). The number of esters is 1. The van der Waals surface area contributed by atoms with Crippen molar-refractivity contribution in [3.05, 3.63) is 46.5 Å². The van der Waals surface area contributed by atoms with Gasteiger partial charge >= 0.3 is 5.97 Å². The van der Waals surface area contributed by atoms with E-state index >= 15 is 0 Å². The fourth-order valence-electron chi connectivity index (χ4n) is 1.76. The summed E-state index contributed by atoms with van der Waals surface area (Å²) >= 11 is 0. The summed E-state index contributed by atoms with van der Waals surface area (Å²) in [4.78, 5) is 27.8. The van der Waals surface area contributed by atoms with E-state index in [0.717, 1.165) is 0 Å².